The quantitative estimate of drug-likeness (QED) is 0.597. The molecule has 0 spiro atoms. The molecule has 0 fully saturated rings. The van der Waals surface area contributed by atoms with Gasteiger partial charge in [-0.15, -0.1) is 0 Å². The van der Waals surface area contributed by atoms with Crippen molar-refractivity contribution in [3.8, 4) is 5.75 Å². The summed E-state index contributed by atoms with van der Waals surface area (Å²) in [7, 11) is -0.0693. The summed E-state index contributed by atoms with van der Waals surface area (Å²) in [6.45, 7) is 0.444. The zero-order chi connectivity index (χ0) is 13.6. The fourth-order valence-electron chi connectivity index (χ4n) is 1.64. The highest BCUT2D eigenvalue weighted by Crippen LogP contribution is 2.20. The molecule has 0 aliphatic rings. The predicted octanol–water partition coefficient (Wildman–Crippen LogP) is 1.23. The standard InChI is InChI=1S/C12H19NO4S/c1-16-4-3-5-18(14,15)9-10-6-11(13)8-12(7-10)17-2/h6-8H,3-5,9,13H2,1-2H3. The number of nitrogen functional groups attached to an aromatic ring is 1. The van der Waals surface area contributed by atoms with E-state index in [4.69, 9.17) is 15.2 Å². The Hall–Kier alpha value is -1.27. The monoisotopic (exact) mass is 273 g/mol. The van der Waals surface area contributed by atoms with Crippen LogP contribution in [0.1, 0.15) is 12.0 Å². The number of nitrogens with two attached hydrogens (primary N) is 1. The average molecular weight is 273 g/mol. The molecule has 0 amide bonds. The van der Waals surface area contributed by atoms with Gasteiger partial charge in [0.1, 0.15) is 5.75 Å². The molecule has 102 valence electrons. The third-order valence-corrected chi connectivity index (χ3v) is 4.10. The van der Waals surface area contributed by atoms with Gasteiger partial charge in [0.15, 0.2) is 9.84 Å². The van der Waals surface area contributed by atoms with Crippen molar-refractivity contribution in [2.75, 3.05) is 32.3 Å². The number of anilines is 1. The summed E-state index contributed by atoms with van der Waals surface area (Å²) in [5.74, 6) is 0.646. The van der Waals surface area contributed by atoms with Crippen LogP contribution >= 0.6 is 0 Å². The van der Waals surface area contributed by atoms with Crippen LogP contribution in [0.15, 0.2) is 18.2 Å². The van der Waals surface area contributed by atoms with Gasteiger partial charge >= 0.3 is 0 Å². The second kappa shape index (κ2) is 6.61. The van der Waals surface area contributed by atoms with E-state index in [1.807, 2.05) is 0 Å². The highest BCUT2D eigenvalue weighted by Gasteiger charge is 2.12. The second-order valence-corrected chi connectivity index (χ2v) is 6.24. The van der Waals surface area contributed by atoms with Crippen LogP contribution in [-0.2, 0) is 20.3 Å². The third-order valence-electron chi connectivity index (χ3n) is 2.41. The van der Waals surface area contributed by atoms with E-state index in [9.17, 15) is 8.42 Å². The summed E-state index contributed by atoms with van der Waals surface area (Å²) in [6, 6.07) is 4.99. The second-order valence-electron chi connectivity index (χ2n) is 4.05. The van der Waals surface area contributed by atoms with E-state index < -0.39 is 9.84 Å². The number of hydrogen-bond donors (Lipinski definition) is 1. The van der Waals surface area contributed by atoms with Crippen molar-refractivity contribution < 1.29 is 17.9 Å². The van der Waals surface area contributed by atoms with E-state index in [0.717, 1.165) is 0 Å². The SMILES string of the molecule is COCCCS(=O)(=O)Cc1cc(N)cc(OC)c1. The number of benzene rings is 1. The maximum atomic E-state index is 11.8. The van der Waals surface area contributed by atoms with E-state index in [2.05, 4.69) is 0 Å². The van der Waals surface area contributed by atoms with Crippen LogP contribution in [-0.4, -0.2) is 35.0 Å². The summed E-state index contributed by atoms with van der Waals surface area (Å²) < 4.78 is 33.6. The van der Waals surface area contributed by atoms with Crippen LogP contribution in [0.2, 0.25) is 0 Å². The molecule has 0 unspecified atom stereocenters. The fourth-order valence-corrected chi connectivity index (χ4v) is 3.01. The first kappa shape index (κ1) is 14.8. The minimum Gasteiger partial charge on any atom is -0.497 e. The van der Waals surface area contributed by atoms with Crippen LogP contribution in [0, 0.1) is 0 Å². The molecule has 1 rings (SSSR count). The van der Waals surface area contributed by atoms with Gasteiger partial charge in [0.25, 0.3) is 0 Å². The number of sulfone groups is 1. The van der Waals surface area contributed by atoms with Gasteiger partial charge in [-0.1, -0.05) is 0 Å². The van der Waals surface area contributed by atoms with Gasteiger partial charge in [-0.2, -0.15) is 0 Å². The molecule has 1 aromatic rings. The first-order valence-electron chi connectivity index (χ1n) is 5.59. The Balaban J connectivity index is 2.74. The van der Waals surface area contributed by atoms with Crippen LogP contribution in [0.4, 0.5) is 5.69 Å². The van der Waals surface area contributed by atoms with Crippen molar-refractivity contribution in [1.82, 2.24) is 0 Å². The van der Waals surface area contributed by atoms with Gasteiger partial charge < -0.3 is 15.2 Å². The topological polar surface area (TPSA) is 78.6 Å². The average Bonchev–Trinajstić information content (AvgIpc) is 2.27. The molecule has 0 aromatic heterocycles. The van der Waals surface area contributed by atoms with E-state index >= 15 is 0 Å². The Kier molecular flexibility index (Phi) is 5.43. The van der Waals surface area contributed by atoms with Crippen molar-refractivity contribution in [3.05, 3.63) is 23.8 Å². The van der Waals surface area contributed by atoms with Gasteiger partial charge in [0.2, 0.25) is 0 Å². The van der Waals surface area contributed by atoms with Crippen molar-refractivity contribution in [2.45, 2.75) is 12.2 Å². The molecule has 0 saturated heterocycles. The molecule has 0 aliphatic heterocycles. The molecule has 5 nitrogen and oxygen atoms in total. The van der Waals surface area contributed by atoms with Crippen molar-refractivity contribution in [2.24, 2.45) is 0 Å². The zero-order valence-electron chi connectivity index (χ0n) is 10.7. The number of ether oxygens (including phenoxy) is 2. The van der Waals surface area contributed by atoms with Crippen LogP contribution < -0.4 is 10.5 Å². The minimum absolute atomic E-state index is 0.0296. The highest BCUT2D eigenvalue weighted by atomic mass is 32.2. The minimum atomic E-state index is -3.14. The zero-order valence-corrected chi connectivity index (χ0v) is 11.5. The first-order chi connectivity index (χ1) is 8.46. The molecule has 6 heteroatoms. The van der Waals surface area contributed by atoms with Gasteiger partial charge in [0, 0.05) is 25.5 Å². The van der Waals surface area contributed by atoms with Gasteiger partial charge in [-0.05, 0) is 24.1 Å². The predicted molar refractivity (Wildman–Crippen MR) is 71.4 cm³/mol. The van der Waals surface area contributed by atoms with E-state index in [1.54, 1.807) is 25.3 Å². The highest BCUT2D eigenvalue weighted by molar-refractivity contribution is 7.90. The molecule has 0 bridgehead atoms. The smallest absolute Gasteiger partial charge is 0.154 e. The molecule has 2 N–H and O–H groups in total. The van der Waals surface area contributed by atoms with Crippen molar-refractivity contribution in [1.29, 1.82) is 0 Å². The lowest BCUT2D eigenvalue weighted by Crippen LogP contribution is -2.11. The Morgan fingerprint density at radius 1 is 1.22 bits per heavy atom. The summed E-state index contributed by atoms with van der Waals surface area (Å²) in [4.78, 5) is 0. The van der Waals surface area contributed by atoms with Gasteiger partial charge in [-0.3, -0.25) is 0 Å². The molecule has 0 heterocycles. The lowest BCUT2D eigenvalue weighted by atomic mass is 10.2. The molecule has 0 atom stereocenters. The van der Waals surface area contributed by atoms with E-state index in [-0.39, 0.29) is 11.5 Å². The van der Waals surface area contributed by atoms with Crippen molar-refractivity contribution in [3.63, 3.8) is 0 Å². The Labute approximate surface area is 108 Å². The van der Waals surface area contributed by atoms with Crippen molar-refractivity contribution >= 4 is 15.5 Å². The molecule has 0 saturated carbocycles. The molecule has 0 aliphatic carbocycles. The van der Waals surface area contributed by atoms with E-state index in [0.29, 0.717) is 30.0 Å². The Morgan fingerprint density at radius 2 is 1.94 bits per heavy atom. The lowest BCUT2D eigenvalue weighted by molar-refractivity contribution is 0.199. The number of hydrogen-bond acceptors (Lipinski definition) is 5. The number of methoxy groups -OCH3 is 2. The summed E-state index contributed by atoms with van der Waals surface area (Å²) in [5, 5.41) is 0. The van der Waals surface area contributed by atoms with Crippen LogP contribution in [0.3, 0.4) is 0 Å². The largest absolute Gasteiger partial charge is 0.497 e. The molecular weight excluding hydrogens is 254 g/mol. The first-order valence-corrected chi connectivity index (χ1v) is 7.42. The lowest BCUT2D eigenvalue weighted by Gasteiger charge is -2.07. The molecule has 0 radical (unpaired) electrons. The maximum Gasteiger partial charge on any atom is 0.154 e. The third kappa shape index (κ3) is 4.93. The summed E-state index contributed by atoms with van der Waals surface area (Å²) in [5.41, 5.74) is 6.82. The normalized spacial score (nSPS) is 11.4. The fraction of sp³-hybridized carbons (Fsp3) is 0.500. The van der Waals surface area contributed by atoms with Crippen LogP contribution in [0.25, 0.3) is 0 Å². The number of rotatable bonds is 7. The molecular formula is C12H19NO4S. The van der Waals surface area contributed by atoms with E-state index in [1.165, 1.54) is 7.11 Å². The van der Waals surface area contributed by atoms with Crippen LogP contribution in [0.5, 0.6) is 5.75 Å². The Bertz CT molecular complexity index is 485. The maximum absolute atomic E-state index is 11.8. The van der Waals surface area contributed by atoms with Gasteiger partial charge in [0.05, 0.1) is 18.6 Å². The summed E-state index contributed by atoms with van der Waals surface area (Å²) in [6.07, 6.45) is 0.498. The molecule has 18 heavy (non-hydrogen) atoms. The Morgan fingerprint density at radius 3 is 2.56 bits per heavy atom. The van der Waals surface area contributed by atoms with Gasteiger partial charge in [-0.25, -0.2) is 8.42 Å². The summed E-state index contributed by atoms with van der Waals surface area (Å²) >= 11 is 0. The molecule has 1 aromatic carbocycles.